The fraction of sp³-hybridized carbons (Fsp3) is 0.417. The highest BCUT2D eigenvalue weighted by molar-refractivity contribution is 5.81. The van der Waals surface area contributed by atoms with E-state index < -0.39 is 17.2 Å². The van der Waals surface area contributed by atoms with Gasteiger partial charge in [-0.05, 0) is 17.9 Å². The van der Waals surface area contributed by atoms with Crippen LogP contribution < -0.4 is 0 Å². The Kier molecular flexibility index (Phi) is 3.41. The number of hydrogen-bond donors (Lipinski definition) is 0. The molecule has 0 fully saturated rings. The van der Waals surface area contributed by atoms with E-state index in [2.05, 4.69) is 0 Å². The lowest BCUT2D eigenvalue weighted by Gasteiger charge is -2.22. The molecule has 0 radical (unpaired) electrons. The average Bonchev–Trinajstić information content (AvgIpc) is 2.09. The van der Waals surface area contributed by atoms with Crippen LogP contribution in [0.3, 0.4) is 0 Å². The van der Waals surface area contributed by atoms with Gasteiger partial charge in [0.15, 0.2) is 0 Å². The molecule has 0 unspecified atom stereocenters. The number of rotatable bonds is 1. The predicted octanol–water partition coefficient (Wildman–Crippen LogP) is 3.59. The quantitative estimate of drug-likeness (QED) is 0.629. The molecule has 0 saturated carbocycles. The van der Waals surface area contributed by atoms with Gasteiger partial charge in [0.05, 0.1) is 5.57 Å². The van der Waals surface area contributed by atoms with E-state index in [0.29, 0.717) is 6.42 Å². The third kappa shape index (κ3) is 3.08. The standard InChI is InChI=1S/C12H13F3O/c1-11(2)6-4-3-5-10(12(13,14)15)9(7-11)8-16/h3-5,7-8H,6H2,1-2H3. The summed E-state index contributed by atoms with van der Waals surface area (Å²) in [6.45, 7) is 3.58. The first-order chi connectivity index (χ1) is 7.26. The van der Waals surface area contributed by atoms with Crippen molar-refractivity contribution in [3.8, 4) is 0 Å². The van der Waals surface area contributed by atoms with Crippen LogP contribution >= 0.6 is 0 Å². The number of aldehydes is 1. The van der Waals surface area contributed by atoms with Crippen molar-refractivity contribution in [3.05, 3.63) is 35.5 Å². The lowest BCUT2D eigenvalue weighted by Crippen LogP contribution is -2.18. The minimum atomic E-state index is -4.50. The number of carbonyl (C=O) groups excluding carboxylic acids is 1. The largest absolute Gasteiger partial charge is 0.417 e. The Hall–Kier alpha value is -1.32. The third-order valence-corrected chi connectivity index (χ3v) is 2.33. The van der Waals surface area contributed by atoms with Gasteiger partial charge >= 0.3 is 6.18 Å². The van der Waals surface area contributed by atoms with Crippen LogP contribution in [-0.4, -0.2) is 12.5 Å². The zero-order valence-electron chi connectivity index (χ0n) is 9.14. The minimum Gasteiger partial charge on any atom is -0.298 e. The van der Waals surface area contributed by atoms with Crippen molar-refractivity contribution in [1.29, 1.82) is 0 Å². The number of carbonyl (C=O) groups is 1. The summed E-state index contributed by atoms with van der Waals surface area (Å²) in [5.41, 5.74) is -1.62. The summed E-state index contributed by atoms with van der Waals surface area (Å²) in [6.07, 6.45) is 1.71. The molecule has 1 nitrogen and oxygen atoms in total. The van der Waals surface area contributed by atoms with Crippen LogP contribution in [0, 0.1) is 5.41 Å². The molecule has 0 aliphatic heterocycles. The molecular weight excluding hydrogens is 217 g/mol. The van der Waals surface area contributed by atoms with Crippen molar-refractivity contribution in [2.24, 2.45) is 5.41 Å². The van der Waals surface area contributed by atoms with Gasteiger partial charge in [-0.3, -0.25) is 4.79 Å². The van der Waals surface area contributed by atoms with E-state index in [1.165, 1.54) is 12.2 Å². The van der Waals surface area contributed by atoms with E-state index in [1.54, 1.807) is 19.9 Å². The normalized spacial score (nSPS) is 20.6. The summed E-state index contributed by atoms with van der Waals surface area (Å²) in [7, 11) is 0. The summed E-state index contributed by atoms with van der Waals surface area (Å²) in [5.74, 6) is 0. The zero-order chi connectivity index (χ0) is 12.4. The fourth-order valence-electron chi connectivity index (χ4n) is 1.55. The average molecular weight is 230 g/mol. The molecule has 0 bridgehead atoms. The van der Waals surface area contributed by atoms with Crippen LogP contribution in [0.25, 0.3) is 0 Å². The Balaban J connectivity index is 3.29. The molecule has 1 aliphatic carbocycles. The Morgan fingerprint density at radius 2 is 2.00 bits per heavy atom. The molecule has 1 aliphatic rings. The number of allylic oxidation sites excluding steroid dienone is 6. The van der Waals surface area contributed by atoms with Crippen molar-refractivity contribution < 1.29 is 18.0 Å². The van der Waals surface area contributed by atoms with E-state index >= 15 is 0 Å². The Morgan fingerprint density at radius 1 is 1.38 bits per heavy atom. The maximum atomic E-state index is 12.6. The molecule has 16 heavy (non-hydrogen) atoms. The number of halogens is 3. The SMILES string of the molecule is CC1(C)C=C(C=O)C(C(F)(F)F)=CC=CC1. The monoisotopic (exact) mass is 230 g/mol. The van der Waals surface area contributed by atoms with E-state index in [0.717, 1.165) is 6.08 Å². The minimum absolute atomic E-state index is 0.264. The van der Waals surface area contributed by atoms with Gasteiger partial charge < -0.3 is 0 Å². The second-order valence-electron chi connectivity index (χ2n) is 4.42. The molecule has 0 aromatic rings. The first-order valence-corrected chi connectivity index (χ1v) is 4.89. The van der Waals surface area contributed by atoms with Gasteiger partial charge in [-0.25, -0.2) is 0 Å². The van der Waals surface area contributed by atoms with Crippen LogP contribution in [0.15, 0.2) is 35.5 Å². The van der Waals surface area contributed by atoms with Crippen LogP contribution in [0.2, 0.25) is 0 Å². The summed E-state index contributed by atoms with van der Waals surface area (Å²) in [4.78, 5) is 10.7. The van der Waals surface area contributed by atoms with Crippen molar-refractivity contribution >= 4 is 6.29 Å². The molecule has 0 amide bonds. The second kappa shape index (κ2) is 4.28. The van der Waals surface area contributed by atoms with Gasteiger partial charge in [0, 0.05) is 5.57 Å². The summed E-state index contributed by atoms with van der Waals surface area (Å²) < 4.78 is 37.9. The van der Waals surface area contributed by atoms with Gasteiger partial charge in [-0.15, -0.1) is 0 Å². The Bertz CT molecular complexity index is 370. The van der Waals surface area contributed by atoms with E-state index in [-0.39, 0.29) is 11.9 Å². The number of hydrogen-bond acceptors (Lipinski definition) is 1. The van der Waals surface area contributed by atoms with Gasteiger partial charge in [-0.2, -0.15) is 13.2 Å². The van der Waals surface area contributed by atoms with Gasteiger partial charge in [-0.1, -0.05) is 32.1 Å². The maximum Gasteiger partial charge on any atom is 0.417 e. The molecule has 0 heterocycles. The Morgan fingerprint density at radius 3 is 2.50 bits per heavy atom. The van der Waals surface area contributed by atoms with Crippen molar-refractivity contribution in [3.63, 3.8) is 0 Å². The molecule has 88 valence electrons. The molecule has 1 rings (SSSR count). The van der Waals surface area contributed by atoms with Gasteiger partial charge in [0.2, 0.25) is 0 Å². The van der Waals surface area contributed by atoms with E-state index in [4.69, 9.17) is 0 Å². The summed E-state index contributed by atoms with van der Waals surface area (Å²) in [6, 6.07) is 0. The van der Waals surface area contributed by atoms with Crippen molar-refractivity contribution in [1.82, 2.24) is 0 Å². The van der Waals surface area contributed by atoms with Crippen LogP contribution in [0.1, 0.15) is 20.3 Å². The second-order valence-corrected chi connectivity index (χ2v) is 4.42. The van der Waals surface area contributed by atoms with Crippen molar-refractivity contribution in [2.75, 3.05) is 0 Å². The number of alkyl halides is 3. The van der Waals surface area contributed by atoms with Crippen LogP contribution in [-0.2, 0) is 4.79 Å². The molecule has 0 saturated heterocycles. The highest BCUT2D eigenvalue weighted by atomic mass is 19.4. The topological polar surface area (TPSA) is 17.1 Å². The molecule has 0 spiro atoms. The molecule has 0 atom stereocenters. The highest BCUT2D eigenvalue weighted by Gasteiger charge is 2.36. The molecule has 0 aromatic heterocycles. The molecule has 4 heteroatoms. The highest BCUT2D eigenvalue weighted by Crippen LogP contribution is 2.35. The fourth-order valence-corrected chi connectivity index (χ4v) is 1.55. The predicted molar refractivity (Wildman–Crippen MR) is 55.8 cm³/mol. The Labute approximate surface area is 92.3 Å². The van der Waals surface area contributed by atoms with E-state index in [9.17, 15) is 18.0 Å². The third-order valence-electron chi connectivity index (χ3n) is 2.33. The van der Waals surface area contributed by atoms with Crippen LogP contribution in [0.5, 0.6) is 0 Å². The first-order valence-electron chi connectivity index (χ1n) is 4.89. The zero-order valence-corrected chi connectivity index (χ0v) is 9.14. The lowest BCUT2D eigenvalue weighted by atomic mass is 9.84. The maximum absolute atomic E-state index is 12.6. The van der Waals surface area contributed by atoms with Crippen LogP contribution in [0.4, 0.5) is 13.2 Å². The van der Waals surface area contributed by atoms with Crippen molar-refractivity contribution in [2.45, 2.75) is 26.4 Å². The summed E-state index contributed by atoms with van der Waals surface area (Å²) >= 11 is 0. The van der Waals surface area contributed by atoms with E-state index in [1.807, 2.05) is 0 Å². The van der Waals surface area contributed by atoms with Gasteiger partial charge in [0.1, 0.15) is 6.29 Å². The molecular formula is C12H13F3O. The smallest absolute Gasteiger partial charge is 0.298 e. The summed E-state index contributed by atoms with van der Waals surface area (Å²) in [5, 5.41) is 0. The first kappa shape index (κ1) is 12.7. The molecule has 0 N–H and O–H groups in total. The lowest BCUT2D eigenvalue weighted by molar-refractivity contribution is -0.108. The van der Waals surface area contributed by atoms with Gasteiger partial charge in [0.25, 0.3) is 0 Å². The molecule has 0 aromatic carbocycles.